The molecule has 4 aliphatic carbocycles. The first-order chi connectivity index (χ1) is 23.3. The van der Waals surface area contributed by atoms with Crippen LogP contribution in [0.5, 0.6) is 0 Å². The maximum Gasteiger partial charge on any atom is 0.137 e. The van der Waals surface area contributed by atoms with Crippen molar-refractivity contribution in [2.24, 2.45) is 16.3 Å². The fraction of sp³-hybridized carbons (Fsp3) is 0.250. The number of likely N-dealkylation sites (N-methyl/N-ethyl adjacent to an activating group) is 1. The maximum atomic E-state index is 5.88. The molecule has 3 heterocycles. The lowest BCUT2D eigenvalue weighted by Crippen LogP contribution is -2.45. The Morgan fingerprint density at radius 1 is 0.917 bits per heavy atom. The molecule has 0 spiro atoms. The number of hydrogen-bond donors (Lipinski definition) is 1. The molecule has 0 bridgehead atoms. The van der Waals surface area contributed by atoms with Crippen molar-refractivity contribution in [3.8, 4) is 0 Å². The summed E-state index contributed by atoms with van der Waals surface area (Å²) < 4.78 is 0. The molecule has 4 heteroatoms. The second-order valence-corrected chi connectivity index (χ2v) is 15.1. The quantitative estimate of drug-likeness (QED) is 0.293. The van der Waals surface area contributed by atoms with E-state index in [1.807, 2.05) is 0 Å². The summed E-state index contributed by atoms with van der Waals surface area (Å²) >= 11 is 0. The van der Waals surface area contributed by atoms with Crippen molar-refractivity contribution in [3.63, 3.8) is 0 Å². The lowest BCUT2D eigenvalue weighted by Gasteiger charge is -2.45. The van der Waals surface area contributed by atoms with Crippen molar-refractivity contribution in [1.29, 1.82) is 0 Å². The lowest BCUT2D eigenvalue weighted by molar-refractivity contribution is 0.289. The van der Waals surface area contributed by atoms with E-state index in [4.69, 9.17) is 4.99 Å². The summed E-state index contributed by atoms with van der Waals surface area (Å²) in [7, 11) is 2.30. The van der Waals surface area contributed by atoms with E-state index in [9.17, 15) is 0 Å². The lowest BCUT2D eigenvalue weighted by atomic mass is 9.70. The number of likely N-dealkylation sites (tertiary alicyclic amines) is 1. The summed E-state index contributed by atoms with van der Waals surface area (Å²) in [6.45, 7) is 7.98. The SMILES string of the molecule is CN1C2=C(N=C(N3C4=CC5=CC=CCC5(C)C=C4C4C=Cc5ccccc5C43)C1c1ccc3c(c1)NCC=C3)c1ccccc1C2(C)C. The van der Waals surface area contributed by atoms with Gasteiger partial charge in [0.15, 0.2) is 0 Å². The van der Waals surface area contributed by atoms with Crippen LogP contribution in [0, 0.1) is 11.3 Å². The number of fused-ring (bicyclic) bond motifs is 9. The minimum absolute atomic E-state index is 0.00862. The molecule has 3 aromatic carbocycles. The second kappa shape index (κ2) is 9.73. The van der Waals surface area contributed by atoms with E-state index < -0.39 is 0 Å². The Hall–Kier alpha value is -5.09. The first kappa shape index (κ1) is 28.0. The molecule has 3 aromatic rings. The number of nitrogens with zero attached hydrogens (tertiary/aromatic N) is 3. The van der Waals surface area contributed by atoms with Crippen molar-refractivity contribution < 1.29 is 0 Å². The maximum absolute atomic E-state index is 5.88. The average Bonchev–Trinajstić information content (AvgIpc) is 3.54. The number of rotatable bonds is 1. The molecule has 236 valence electrons. The highest BCUT2D eigenvalue weighted by Crippen LogP contribution is 2.59. The van der Waals surface area contributed by atoms with Gasteiger partial charge in [0, 0.05) is 47.3 Å². The monoisotopic (exact) mass is 624 g/mol. The predicted molar refractivity (Wildman–Crippen MR) is 198 cm³/mol. The van der Waals surface area contributed by atoms with E-state index >= 15 is 0 Å². The topological polar surface area (TPSA) is 30.9 Å². The van der Waals surface area contributed by atoms with Gasteiger partial charge in [0.2, 0.25) is 0 Å². The van der Waals surface area contributed by atoms with Gasteiger partial charge in [-0.15, -0.1) is 0 Å². The summed E-state index contributed by atoms with van der Waals surface area (Å²) in [6.07, 6.45) is 22.2. The Bertz CT molecular complexity index is 2200. The number of nitrogens with one attached hydrogen (secondary N) is 1. The predicted octanol–water partition coefficient (Wildman–Crippen LogP) is 9.59. The summed E-state index contributed by atoms with van der Waals surface area (Å²) in [5, 5.41) is 3.64. The standard InChI is InChI=1S/C44H40N4/c1-43(2)35-17-8-7-16-33(35)38-41(43)47(4)39(29-19-18-28-13-11-23-45-36(28)24-29)42(46-38)48-37-25-30-14-9-10-22-44(30,3)26-34(37)32-21-20-27-12-5-6-15-31(27)40(32)48/h5-21,24-26,32,39-40,45H,22-23H2,1-4H3. The van der Waals surface area contributed by atoms with Crippen molar-refractivity contribution in [2.45, 2.75) is 44.7 Å². The number of allylic oxidation sites excluding steroid dienone is 8. The van der Waals surface area contributed by atoms with E-state index in [0.717, 1.165) is 24.5 Å². The van der Waals surface area contributed by atoms with Crippen molar-refractivity contribution in [2.75, 3.05) is 18.9 Å². The number of aliphatic imine (C=N–C) groups is 1. The smallest absolute Gasteiger partial charge is 0.137 e. The molecule has 3 aliphatic heterocycles. The molecule has 1 saturated heterocycles. The fourth-order valence-electron chi connectivity index (χ4n) is 9.64. The highest BCUT2D eigenvalue weighted by molar-refractivity contribution is 6.00. The molecule has 48 heavy (non-hydrogen) atoms. The Labute approximate surface area is 283 Å². The minimum atomic E-state index is -0.174. The molecule has 0 saturated carbocycles. The van der Waals surface area contributed by atoms with E-state index in [0.29, 0.717) is 0 Å². The molecular weight excluding hydrogens is 585 g/mol. The summed E-state index contributed by atoms with van der Waals surface area (Å²) in [5.74, 6) is 1.34. The van der Waals surface area contributed by atoms with Crippen LogP contribution < -0.4 is 5.32 Å². The number of benzene rings is 3. The molecule has 4 nitrogen and oxygen atoms in total. The van der Waals surface area contributed by atoms with E-state index in [2.05, 4.69) is 164 Å². The van der Waals surface area contributed by atoms with E-state index in [1.54, 1.807) is 0 Å². The fourth-order valence-corrected chi connectivity index (χ4v) is 9.64. The Morgan fingerprint density at radius 3 is 2.69 bits per heavy atom. The Morgan fingerprint density at radius 2 is 1.77 bits per heavy atom. The molecule has 7 aliphatic rings. The highest BCUT2D eigenvalue weighted by atomic mass is 15.3. The van der Waals surface area contributed by atoms with Gasteiger partial charge >= 0.3 is 0 Å². The Balaban J connectivity index is 1.25. The molecule has 1 N–H and O–H groups in total. The zero-order valence-electron chi connectivity index (χ0n) is 28.0. The van der Waals surface area contributed by atoms with Crippen LogP contribution >= 0.6 is 0 Å². The first-order valence-corrected chi connectivity index (χ1v) is 17.4. The van der Waals surface area contributed by atoms with Crippen LogP contribution in [0.3, 0.4) is 0 Å². The third kappa shape index (κ3) is 3.69. The van der Waals surface area contributed by atoms with Crippen molar-refractivity contribution in [1.82, 2.24) is 9.80 Å². The van der Waals surface area contributed by atoms with Crippen LogP contribution in [0.2, 0.25) is 0 Å². The molecule has 10 rings (SSSR count). The van der Waals surface area contributed by atoms with E-state index in [1.165, 1.54) is 61.6 Å². The molecular formula is C44H40N4. The number of hydrogen-bond acceptors (Lipinski definition) is 4. The molecule has 0 aromatic heterocycles. The minimum Gasteiger partial charge on any atom is -0.381 e. The second-order valence-electron chi connectivity index (χ2n) is 15.1. The van der Waals surface area contributed by atoms with Crippen molar-refractivity contribution >= 4 is 29.4 Å². The first-order valence-electron chi connectivity index (χ1n) is 17.4. The third-order valence-corrected chi connectivity index (χ3v) is 11.9. The van der Waals surface area contributed by atoms with Gasteiger partial charge in [0.25, 0.3) is 0 Å². The van der Waals surface area contributed by atoms with Gasteiger partial charge < -0.3 is 15.1 Å². The van der Waals surface area contributed by atoms with Crippen LogP contribution in [-0.4, -0.2) is 29.2 Å². The summed E-state index contributed by atoms with van der Waals surface area (Å²) in [4.78, 5) is 11.1. The Kier molecular flexibility index (Phi) is 5.67. The van der Waals surface area contributed by atoms with E-state index in [-0.39, 0.29) is 28.8 Å². The number of anilines is 1. The van der Waals surface area contributed by atoms with Crippen LogP contribution in [-0.2, 0) is 5.41 Å². The third-order valence-electron chi connectivity index (χ3n) is 11.9. The van der Waals surface area contributed by atoms with Gasteiger partial charge in [-0.2, -0.15) is 0 Å². The van der Waals surface area contributed by atoms with Gasteiger partial charge in [0.1, 0.15) is 11.9 Å². The van der Waals surface area contributed by atoms with Crippen LogP contribution in [0.25, 0.3) is 17.8 Å². The van der Waals surface area contributed by atoms with Gasteiger partial charge in [-0.05, 0) is 57.5 Å². The summed E-state index contributed by atoms with van der Waals surface area (Å²) in [6, 6.07) is 24.9. The normalized spacial score (nSPS) is 28.1. The zero-order valence-corrected chi connectivity index (χ0v) is 28.0. The van der Waals surface area contributed by atoms with Crippen molar-refractivity contribution in [3.05, 3.63) is 165 Å². The van der Waals surface area contributed by atoms with Crippen LogP contribution in [0.15, 0.2) is 137 Å². The summed E-state index contributed by atoms with van der Waals surface area (Å²) in [5.41, 5.74) is 15.3. The van der Waals surface area contributed by atoms with Gasteiger partial charge in [-0.1, -0.05) is 130 Å². The highest BCUT2D eigenvalue weighted by Gasteiger charge is 2.53. The van der Waals surface area contributed by atoms with Gasteiger partial charge in [-0.25, -0.2) is 4.99 Å². The van der Waals surface area contributed by atoms with Gasteiger partial charge in [0.05, 0.1) is 17.4 Å². The number of amidine groups is 1. The molecule has 0 amide bonds. The molecule has 0 radical (unpaired) electrons. The zero-order chi connectivity index (χ0) is 32.4. The largest absolute Gasteiger partial charge is 0.381 e. The van der Waals surface area contributed by atoms with Crippen LogP contribution in [0.4, 0.5) is 5.69 Å². The molecule has 4 atom stereocenters. The van der Waals surface area contributed by atoms with Crippen LogP contribution in [0.1, 0.15) is 72.7 Å². The average molecular weight is 625 g/mol. The molecule has 4 unspecified atom stereocenters. The molecule has 1 fully saturated rings. The van der Waals surface area contributed by atoms with Gasteiger partial charge in [-0.3, -0.25) is 0 Å².